The molecule has 1 atom stereocenters. The summed E-state index contributed by atoms with van der Waals surface area (Å²) in [6.07, 6.45) is 0. The van der Waals surface area contributed by atoms with E-state index in [0.29, 0.717) is 18.3 Å². The van der Waals surface area contributed by atoms with Crippen LogP contribution in [-0.4, -0.2) is 24.6 Å². The van der Waals surface area contributed by atoms with Gasteiger partial charge in [-0.1, -0.05) is 13.8 Å². The average Bonchev–Trinajstić information content (AvgIpc) is 2.35. The Bertz CT molecular complexity index is 412. The number of nitrogens with zero attached hydrogens (tertiary/aromatic N) is 1. The molecule has 1 unspecified atom stereocenters. The van der Waals surface area contributed by atoms with Crippen LogP contribution in [0.3, 0.4) is 0 Å². The summed E-state index contributed by atoms with van der Waals surface area (Å²) in [6.45, 7) is 6.42. The molecule has 1 aromatic carbocycles. The first-order chi connectivity index (χ1) is 8.54. The summed E-state index contributed by atoms with van der Waals surface area (Å²) in [5, 5.41) is 13.9. The molecule has 0 heterocycles. The molecule has 100 valence electrons. The number of nitrogens with one attached hydrogen (secondary N) is 1. The van der Waals surface area contributed by atoms with Gasteiger partial charge in [-0.15, -0.1) is 0 Å². The Kier molecular flexibility index (Phi) is 6.07. The number of hydrogen-bond acceptors (Lipinski definition) is 4. The third-order valence-electron chi connectivity index (χ3n) is 2.39. The van der Waals surface area contributed by atoms with E-state index in [9.17, 15) is 10.1 Å². The van der Waals surface area contributed by atoms with Crippen LogP contribution in [0.2, 0.25) is 0 Å². The Morgan fingerprint density at radius 2 is 2.28 bits per heavy atom. The van der Waals surface area contributed by atoms with E-state index < -0.39 is 4.92 Å². The van der Waals surface area contributed by atoms with Gasteiger partial charge >= 0.3 is 0 Å². The van der Waals surface area contributed by atoms with E-state index in [-0.39, 0.29) is 5.69 Å². The highest BCUT2D eigenvalue weighted by Crippen LogP contribution is 2.29. The molecule has 0 bridgehead atoms. The van der Waals surface area contributed by atoms with Gasteiger partial charge < -0.3 is 10.1 Å². The van der Waals surface area contributed by atoms with Gasteiger partial charge in [0.15, 0.2) is 0 Å². The topological polar surface area (TPSA) is 64.4 Å². The molecule has 0 spiro atoms. The lowest BCUT2D eigenvalue weighted by Gasteiger charge is -2.14. The number of rotatable bonds is 7. The Balaban J connectivity index is 2.60. The van der Waals surface area contributed by atoms with Gasteiger partial charge in [-0.25, -0.2) is 0 Å². The van der Waals surface area contributed by atoms with E-state index >= 15 is 0 Å². The maximum absolute atomic E-state index is 10.7. The van der Waals surface area contributed by atoms with Gasteiger partial charge in [0.2, 0.25) is 0 Å². The van der Waals surface area contributed by atoms with Crippen LogP contribution in [0.5, 0.6) is 5.75 Å². The summed E-state index contributed by atoms with van der Waals surface area (Å²) in [5.74, 6) is 0.851. The van der Waals surface area contributed by atoms with Gasteiger partial charge in [-0.2, -0.15) is 0 Å². The van der Waals surface area contributed by atoms with Crippen molar-refractivity contribution in [1.82, 2.24) is 5.32 Å². The molecule has 0 saturated carbocycles. The molecule has 6 heteroatoms. The highest BCUT2D eigenvalue weighted by Gasteiger charge is 2.11. The monoisotopic (exact) mass is 316 g/mol. The normalized spacial score (nSPS) is 12.2. The lowest BCUT2D eigenvalue weighted by molar-refractivity contribution is -0.385. The zero-order valence-electron chi connectivity index (χ0n) is 10.5. The van der Waals surface area contributed by atoms with Gasteiger partial charge in [0, 0.05) is 18.5 Å². The number of nitro groups is 1. The molecule has 0 aliphatic heterocycles. The molecule has 0 saturated heterocycles. The molecule has 0 aromatic heterocycles. The molecule has 0 aliphatic rings. The summed E-state index contributed by atoms with van der Waals surface area (Å²) in [4.78, 5) is 10.2. The minimum absolute atomic E-state index is 0.0348. The van der Waals surface area contributed by atoms with Crippen molar-refractivity contribution in [3.05, 3.63) is 32.8 Å². The SMILES string of the molecule is CCNCC(C)COc1cc([N+](=O)[O-])ccc1Br. The van der Waals surface area contributed by atoms with Gasteiger partial charge in [0.05, 0.1) is 22.1 Å². The number of halogens is 1. The van der Waals surface area contributed by atoms with Gasteiger partial charge in [-0.3, -0.25) is 10.1 Å². The summed E-state index contributed by atoms with van der Waals surface area (Å²) < 4.78 is 6.32. The van der Waals surface area contributed by atoms with Crippen molar-refractivity contribution >= 4 is 21.6 Å². The molecule has 0 aliphatic carbocycles. The largest absolute Gasteiger partial charge is 0.492 e. The smallest absolute Gasteiger partial charge is 0.273 e. The fourth-order valence-corrected chi connectivity index (χ4v) is 1.76. The lowest BCUT2D eigenvalue weighted by atomic mass is 10.2. The standard InChI is InChI=1S/C12H17BrN2O3/c1-3-14-7-9(2)8-18-12-6-10(15(16)17)4-5-11(12)13/h4-6,9,14H,3,7-8H2,1-2H3. The minimum atomic E-state index is -0.429. The van der Waals surface area contributed by atoms with Gasteiger partial charge in [-0.05, 0) is 28.5 Å². The Morgan fingerprint density at radius 3 is 2.89 bits per heavy atom. The van der Waals surface area contributed by atoms with Crippen molar-refractivity contribution in [2.75, 3.05) is 19.7 Å². The predicted octanol–water partition coefficient (Wildman–Crippen LogP) is 2.98. The van der Waals surface area contributed by atoms with E-state index in [4.69, 9.17) is 4.74 Å². The highest BCUT2D eigenvalue weighted by molar-refractivity contribution is 9.10. The quantitative estimate of drug-likeness (QED) is 0.620. The summed E-state index contributed by atoms with van der Waals surface area (Å²) in [7, 11) is 0. The first kappa shape index (κ1) is 14.9. The Morgan fingerprint density at radius 1 is 1.56 bits per heavy atom. The molecule has 0 fully saturated rings. The molecule has 18 heavy (non-hydrogen) atoms. The van der Waals surface area contributed by atoms with E-state index in [1.54, 1.807) is 6.07 Å². The lowest BCUT2D eigenvalue weighted by Crippen LogP contribution is -2.24. The van der Waals surface area contributed by atoms with Crippen LogP contribution in [0.1, 0.15) is 13.8 Å². The molecular formula is C12H17BrN2O3. The predicted molar refractivity (Wildman–Crippen MR) is 74.0 cm³/mol. The maximum Gasteiger partial charge on any atom is 0.273 e. The number of nitro benzene ring substituents is 1. The molecule has 5 nitrogen and oxygen atoms in total. The zero-order chi connectivity index (χ0) is 13.5. The second kappa shape index (κ2) is 7.33. The summed E-state index contributed by atoms with van der Waals surface area (Å²) in [5.41, 5.74) is 0.0348. The van der Waals surface area contributed by atoms with Gasteiger partial charge in [0.25, 0.3) is 5.69 Å². The molecule has 0 radical (unpaired) electrons. The first-order valence-electron chi connectivity index (χ1n) is 5.82. The van der Waals surface area contributed by atoms with Crippen LogP contribution in [0, 0.1) is 16.0 Å². The van der Waals surface area contributed by atoms with Gasteiger partial charge in [0.1, 0.15) is 5.75 Å². The molecule has 1 N–H and O–H groups in total. The van der Waals surface area contributed by atoms with E-state index in [2.05, 4.69) is 28.2 Å². The fourth-order valence-electron chi connectivity index (χ4n) is 1.40. The van der Waals surface area contributed by atoms with Crippen LogP contribution < -0.4 is 10.1 Å². The van der Waals surface area contributed by atoms with Crippen LogP contribution >= 0.6 is 15.9 Å². The second-order valence-electron chi connectivity index (χ2n) is 4.10. The highest BCUT2D eigenvalue weighted by atomic mass is 79.9. The fraction of sp³-hybridized carbons (Fsp3) is 0.500. The van der Waals surface area contributed by atoms with E-state index in [1.165, 1.54) is 12.1 Å². The van der Waals surface area contributed by atoms with Crippen LogP contribution in [0.15, 0.2) is 22.7 Å². The minimum Gasteiger partial charge on any atom is -0.492 e. The first-order valence-corrected chi connectivity index (χ1v) is 6.61. The molecule has 0 amide bonds. The molecule has 1 rings (SSSR count). The van der Waals surface area contributed by atoms with Crippen molar-refractivity contribution < 1.29 is 9.66 Å². The van der Waals surface area contributed by atoms with E-state index in [1.807, 2.05) is 6.92 Å². The van der Waals surface area contributed by atoms with Crippen molar-refractivity contribution in [1.29, 1.82) is 0 Å². The third kappa shape index (κ3) is 4.62. The zero-order valence-corrected chi connectivity index (χ0v) is 12.1. The Hall–Kier alpha value is -1.14. The van der Waals surface area contributed by atoms with Crippen molar-refractivity contribution in [2.24, 2.45) is 5.92 Å². The van der Waals surface area contributed by atoms with E-state index in [0.717, 1.165) is 17.6 Å². The summed E-state index contributed by atoms with van der Waals surface area (Å²) in [6, 6.07) is 4.51. The second-order valence-corrected chi connectivity index (χ2v) is 4.95. The average molecular weight is 317 g/mol. The molecule has 1 aromatic rings. The summed E-state index contributed by atoms with van der Waals surface area (Å²) >= 11 is 3.32. The third-order valence-corrected chi connectivity index (χ3v) is 3.05. The number of hydrogen-bond donors (Lipinski definition) is 1. The van der Waals surface area contributed by atoms with Crippen molar-refractivity contribution in [3.63, 3.8) is 0 Å². The maximum atomic E-state index is 10.7. The molecular weight excluding hydrogens is 300 g/mol. The van der Waals surface area contributed by atoms with Crippen LogP contribution in [0.25, 0.3) is 0 Å². The Labute approximate surface area is 115 Å². The van der Waals surface area contributed by atoms with Crippen molar-refractivity contribution in [2.45, 2.75) is 13.8 Å². The number of benzene rings is 1. The number of non-ortho nitro benzene ring substituents is 1. The number of ether oxygens (including phenoxy) is 1. The van der Waals surface area contributed by atoms with Crippen LogP contribution in [0.4, 0.5) is 5.69 Å². The van der Waals surface area contributed by atoms with Crippen molar-refractivity contribution in [3.8, 4) is 5.75 Å². The van der Waals surface area contributed by atoms with Crippen LogP contribution in [-0.2, 0) is 0 Å².